The van der Waals surface area contributed by atoms with Gasteiger partial charge in [-0.2, -0.15) is 0 Å². The van der Waals surface area contributed by atoms with E-state index in [-0.39, 0.29) is 25.0 Å². The van der Waals surface area contributed by atoms with Gasteiger partial charge in [0, 0.05) is 11.8 Å². The van der Waals surface area contributed by atoms with E-state index in [4.69, 9.17) is 9.47 Å². The maximum Gasteiger partial charge on any atom is 0.341 e. The Morgan fingerprint density at radius 2 is 1.93 bits per heavy atom. The number of aryl methyl sites for hydroxylation is 1. The molecule has 0 radical (unpaired) electrons. The van der Waals surface area contributed by atoms with Gasteiger partial charge < -0.3 is 20.1 Å². The van der Waals surface area contributed by atoms with Crippen LogP contribution in [0.1, 0.15) is 41.1 Å². The number of esters is 1. The minimum absolute atomic E-state index is 0.229. The number of nitrogens with one attached hydrogen (secondary N) is 2. The lowest BCUT2D eigenvalue weighted by Gasteiger charge is -2.12. The molecule has 1 aromatic carbocycles. The second-order valence-corrected chi connectivity index (χ2v) is 7.40. The molecule has 1 aliphatic rings. The predicted octanol–water partition coefficient (Wildman–Crippen LogP) is 3.39. The molecular formula is C20H22N2O5S. The number of rotatable bonds is 7. The van der Waals surface area contributed by atoms with Crippen LogP contribution in [-0.2, 0) is 27.2 Å². The molecule has 0 aliphatic heterocycles. The Bertz CT molecular complexity index is 906. The Labute approximate surface area is 167 Å². The standard InChI is InChI=1S/C20H22N2O5S/c1-3-26-20(25)18-13-7-6-10-16(13)28-19(18)22-17(24)11-27-15-9-5-4-8-14(15)21-12(2)23/h4-5,8-9H,3,6-7,10-11H2,1-2H3,(H,21,23)(H,22,24). The van der Waals surface area contributed by atoms with E-state index < -0.39 is 5.97 Å². The largest absolute Gasteiger partial charge is 0.482 e. The number of ether oxygens (including phenoxy) is 2. The van der Waals surface area contributed by atoms with Crippen LogP contribution in [0.5, 0.6) is 5.75 Å². The average molecular weight is 402 g/mol. The number of fused-ring (bicyclic) bond motifs is 1. The fraction of sp³-hybridized carbons (Fsp3) is 0.350. The van der Waals surface area contributed by atoms with E-state index in [0.29, 0.717) is 22.0 Å². The van der Waals surface area contributed by atoms with Crippen LogP contribution in [0, 0.1) is 0 Å². The third kappa shape index (κ3) is 4.51. The second-order valence-electron chi connectivity index (χ2n) is 6.30. The third-order valence-electron chi connectivity index (χ3n) is 4.21. The van der Waals surface area contributed by atoms with Gasteiger partial charge >= 0.3 is 5.97 Å². The lowest BCUT2D eigenvalue weighted by atomic mass is 10.1. The molecule has 1 aromatic heterocycles. The van der Waals surface area contributed by atoms with E-state index in [1.165, 1.54) is 18.3 Å². The molecule has 0 saturated carbocycles. The van der Waals surface area contributed by atoms with Crippen molar-refractivity contribution in [2.24, 2.45) is 0 Å². The molecule has 0 spiro atoms. The van der Waals surface area contributed by atoms with Crippen LogP contribution < -0.4 is 15.4 Å². The maximum atomic E-state index is 12.4. The zero-order valence-corrected chi connectivity index (χ0v) is 16.6. The molecule has 1 heterocycles. The Hall–Kier alpha value is -2.87. The Kier molecular flexibility index (Phi) is 6.30. The Morgan fingerprint density at radius 3 is 2.68 bits per heavy atom. The van der Waals surface area contributed by atoms with Gasteiger partial charge in [0.1, 0.15) is 10.8 Å². The number of carbonyl (C=O) groups excluding carboxylic acids is 3. The highest BCUT2D eigenvalue weighted by Crippen LogP contribution is 2.39. The number of carbonyl (C=O) groups is 3. The van der Waals surface area contributed by atoms with Crippen molar-refractivity contribution in [3.63, 3.8) is 0 Å². The molecule has 0 atom stereocenters. The van der Waals surface area contributed by atoms with Crippen molar-refractivity contribution in [2.45, 2.75) is 33.1 Å². The smallest absolute Gasteiger partial charge is 0.341 e. The van der Waals surface area contributed by atoms with E-state index >= 15 is 0 Å². The summed E-state index contributed by atoms with van der Waals surface area (Å²) >= 11 is 1.42. The first-order valence-electron chi connectivity index (χ1n) is 9.10. The molecule has 1 aliphatic carbocycles. The lowest BCUT2D eigenvalue weighted by Crippen LogP contribution is -2.21. The van der Waals surface area contributed by atoms with Gasteiger partial charge in [0.05, 0.1) is 17.9 Å². The average Bonchev–Trinajstić information content (AvgIpc) is 3.21. The zero-order valence-electron chi connectivity index (χ0n) is 15.8. The number of benzene rings is 1. The van der Waals surface area contributed by atoms with E-state index in [9.17, 15) is 14.4 Å². The molecule has 0 unspecified atom stereocenters. The van der Waals surface area contributed by atoms with Crippen molar-refractivity contribution in [3.05, 3.63) is 40.3 Å². The van der Waals surface area contributed by atoms with Crippen LogP contribution in [-0.4, -0.2) is 31.0 Å². The van der Waals surface area contributed by atoms with Crippen molar-refractivity contribution in [1.82, 2.24) is 0 Å². The zero-order chi connectivity index (χ0) is 20.1. The molecule has 148 valence electrons. The summed E-state index contributed by atoms with van der Waals surface area (Å²) in [7, 11) is 0. The van der Waals surface area contributed by atoms with Crippen LogP contribution in [0.15, 0.2) is 24.3 Å². The van der Waals surface area contributed by atoms with Crippen molar-refractivity contribution >= 4 is 39.8 Å². The van der Waals surface area contributed by atoms with Crippen molar-refractivity contribution in [3.8, 4) is 5.75 Å². The number of hydrogen-bond acceptors (Lipinski definition) is 6. The molecule has 2 aromatic rings. The molecule has 2 N–H and O–H groups in total. The SMILES string of the molecule is CCOC(=O)c1c(NC(=O)COc2ccccc2NC(C)=O)sc2c1CCC2. The molecule has 0 bridgehead atoms. The maximum absolute atomic E-state index is 12.4. The fourth-order valence-electron chi connectivity index (χ4n) is 3.10. The van der Waals surface area contributed by atoms with Gasteiger partial charge in [-0.25, -0.2) is 4.79 Å². The second kappa shape index (κ2) is 8.88. The monoisotopic (exact) mass is 402 g/mol. The van der Waals surface area contributed by atoms with E-state index in [0.717, 1.165) is 29.7 Å². The summed E-state index contributed by atoms with van der Waals surface area (Å²) in [5, 5.41) is 5.94. The van der Waals surface area contributed by atoms with Gasteiger partial charge in [0.15, 0.2) is 6.61 Å². The summed E-state index contributed by atoms with van der Waals surface area (Å²) in [5.41, 5.74) is 1.94. The van der Waals surface area contributed by atoms with Crippen LogP contribution in [0.25, 0.3) is 0 Å². The molecule has 0 fully saturated rings. The lowest BCUT2D eigenvalue weighted by molar-refractivity contribution is -0.118. The highest BCUT2D eigenvalue weighted by molar-refractivity contribution is 7.17. The van der Waals surface area contributed by atoms with Crippen molar-refractivity contribution < 1.29 is 23.9 Å². The quantitative estimate of drug-likeness (QED) is 0.693. The molecule has 3 rings (SSSR count). The topological polar surface area (TPSA) is 93.7 Å². The Balaban J connectivity index is 1.69. The number of thiophene rings is 1. The number of anilines is 2. The highest BCUT2D eigenvalue weighted by atomic mass is 32.1. The number of amides is 2. The summed E-state index contributed by atoms with van der Waals surface area (Å²) in [6, 6.07) is 6.87. The number of hydrogen-bond donors (Lipinski definition) is 2. The van der Waals surface area contributed by atoms with Crippen molar-refractivity contribution in [2.75, 3.05) is 23.8 Å². The summed E-state index contributed by atoms with van der Waals surface area (Å²) < 4.78 is 10.7. The predicted molar refractivity (Wildman–Crippen MR) is 107 cm³/mol. The first-order valence-corrected chi connectivity index (χ1v) is 9.92. The van der Waals surface area contributed by atoms with Gasteiger partial charge in [-0.15, -0.1) is 11.3 Å². The van der Waals surface area contributed by atoms with E-state index in [1.807, 2.05) is 0 Å². The summed E-state index contributed by atoms with van der Waals surface area (Å²) in [6.07, 6.45) is 2.73. The molecule has 28 heavy (non-hydrogen) atoms. The molecule has 7 nitrogen and oxygen atoms in total. The van der Waals surface area contributed by atoms with E-state index in [1.54, 1.807) is 31.2 Å². The van der Waals surface area contributed by atoms with Gasteiger partial charge in [0.25, 0.3) is 5.91 Å². The van der Waals surface area contributed by atoms with Gasteiger partial charge in [0.2, 0.25) is 5.91 Å². The first-order chi connectivity index (χ1) is 13.5. The van der Waals surface area contributed by atoms with Crippen LogP contribution in [0.2, 0.25) is 0 Å². The summed E-state index contributed by atoms with van der Waals surface area (Å²) in [6.45, 7) is 3.18. The van der Waals surface area contributed by atoms with Gasteiger partial charge in [-0.05, 0) is 43.9 Å². The molecule has 8 heteroatoms. The normalized spacial score (nSPS) is 12.2. The van der Waals surface area contributed by atoms with Crippen molar-refractivity contribution in [1.29, 1.82) is 0 Å². The minimum Gasteiger partial charge on any atom is -0.482 e. The van der Waals surface area contributed by atoms with Gasteiger partial charge in [-0.3, -0.25) is 9.59 Å². The van der Waals surface area contributed by atoms with Crippen LogP contribution in [0.4, 0.5) is 10.7 Å². The third-order valence-corrected chi connectivity index (χ3v) is 5.42. The molecule has 0 saturated heterocycles. The summed E-state index contributed by atoms with van der Waals surface area (Å²) in [5.74, 6) is -0.628. The first kappa shape index (κ1) is 19.9. The summed E-state index contributed by atoms with van der Waals surface area (Å²) in [4.78, 5) is 37.2. The Morgan fingerprint density at radius 1 is 1.14 bits per heavy atom. The minimum atomic E-state index is -0.408. The fourth-order valence-corrected chi connectivity index (χ4v) is 4.40. The van der Waals surface area contributed by atoms with Crippen LogP contribution >= 0.6 is 11.3 Å². The number of para-hydroxylation sites is 2. The van der Waals surface area contributed by atoms with Crippen LogP contribution in [0.3, 0.4) is 0 Å². The molecular weight excluding hydrogens is 380 g/mol. The highest BCUT2D eigenvalue weighted by Gasteiger charge is 2.28. The van der Waals surface area contributed by atoms with E-state index in [2.05, 4.69) is 10.6 Å². The van der Waals surface area contributed by atoms with Gasteiger partial charge in [-0.1, -0.05) is 12.1 Å². The molecule has 2 amide bonds.